The van der Waals surface area contributed by atoms with Crippen molar-refractivity contribution in [3.8, 4) is 6.07 Å². The summed E-state index contributed by atoms with van der Waals surface area (Å²) in [4.78, 5) is 11.6. The van der Waals surface area contributed by atoms with E-state index in [4.69, 9.17) is 5.26 Å². The molecule has 3 nitrogen and oxygen atoms in total. The molecule has 0 unspecified atom stereocenters. The first-order chi connectivity index (χ1) is 8.19. The normalized spacial score (nSPS) is 9.41. The molecule has 0 saturated carbocycles. The lowest BCUT2D eigenvalue weighted by Gasteiger charge is -2.04. The van der Waals surface area contributed by atoms with Crippen molar-refractivity contribution in [3.05, 3.63) is 47.8 Å². The van der Waals surface area contributed by atoms with Gasteiger partial charge in [-0.15, -0.1) is 6.58 Å². The van der Waals surface area contributed by atoms with Crippen molar-refractivity contribution < 1.29 is 9.18 Å². The number of halogens is 1. The van der Waals surface area contributed by atoms with Gasteiger partial charge in [0.2, 0.25) is 0 Å². The summed E-state index contributed by atoms with van der Waals surface area (Å²) in [5.74, 6) is -0.915. The quantitative estimate of drug-likeness (QED) is 0.626. The fraction of sp³-hybridized carbons (Fsp3) is 0.231. The van der Waals surface area contributed by atoms with E-state index in [1.54, 1.807) is 12.1 Å². The molecule has 0 heterocycles. The Balaban J connectivity index is 2.63. The van der Waals surface area contributed by atoms with Gasteiger partial charge in [-0.3, -0.25) is 4.79 Å². The van der Waals surface area contributed by atoms with Gasteiger partial charge in [-0.1, -0.05) is 6.08 Å². The summed E-state index contributed by atoms with van der Waals surface area (Å²) in [5.41, 5.74) is 0.172. The Morgan fingerprint density at radius 2 is 2.35 bits per heavy atom. The van der Waals surface area contributed by atoms with E-state index < -0.39 is 5.82 Å². The Morgan fingerprint density at radius 3 is 3.00 bits per heavy atom. The highest BCUT2D eigenvalue weighted by Crippen LogP contribution is 2.09. The molecule has 1 aromatic rings. The molecule has 1 rings (SSSR count). The molecule has 0 aliphatic heterocycles. The van der Waals surface area contributed by atoms with Crippen molar-refractivity contribution in [2.45, 2.75) is 12.8 Å². The standard InChI is InChI=1S/C13H13FN2O/c1-2-3-4-7-16-13(17)10-5-6-12(14)11(8-10)9-15/h2,5-6,8H,1,3-4,7H2,(H,16,17). The van der Waals surface area contributed by atoms with Crippen molar-refractivity contribution in [2.24, 2.45) is 0 Å². The number of nitriles is 1. The number of hydrogen-bond acceptors (Lipinski definition) is 2. The van der Waals surface area contributed by atoms with E-state index >= 15 is 0 Å². The van der Waals surface area contributed by atoms with Gasteiger partial charge < -0.3 is 5.32 Å². The molecule has 0 spiro atoms. The summed E-state index contributed by atoms with van der Waals surface area (Å²) in [5, 5.41) is 11.3. The second-order valence-corrected chi connectivity index (χ2v) is 3.49. The number of carbonyl (C=O) groups is 1. The lowest BCUT2D eigenvalue weighted by atomic mass is 10.1. The molecular weight excluding hydrogens is 219 g/mol. The van der Waals surface area contributed by atoms with Gasteiger partial charge >= 0.3 is 0 Å². The topological polar surface area (TPSA) is 52.9 Å². The largest absolute Gasteiger partial charge is 0.352 e. The van der Waals surface area contributed by atoms with Crippen LogP contribution in [0.3, 0.4) is 0 Å². The van der Waals surface area contributed by atoms with Crippen LogP contribution < -0.4 is 5.32 Å². The Bertz CT molecular complexity index is 463. The Morgan fingerprint density at radius 1 is 1.59 bits per heavy atom. The molecule has 1 N–H and O–H groups in total. The zero-order valence-electron chi connectivity index (χ0n) is 9.37. The van der Waals surface area contributed by atoms with Crippen LogP contribution in [0.2, 0.25) is 0 Å². The highest BCUT2D eigenvalue weighted by Gasteiger charge is 2.08. The molecular formula is C13H13FN2O. The fourth-order valence-electron chi connectivity index (χ4n) is 1.30. The Kier molecular flexibility index (Phi) is 4.89. The van der Waals surface area contributed by atoms with Gasteiger partial charge in [-0.25, -0.2) is 4.39 Å². The summed E-state index contributed by atoms with van der Waals surface area (Å²) in [6.07, 6.45) is 3.41. The molecule has 17 heavy (non-hydrogen) atoms. The van der Waals surface area contributed by atoms with Crippen LogP contribution in [0.4, 0.5) is 4.39 Å². The highest BCUT2D eigenvalue weighted by molar-refractivity contribution is 5.94. The highest BCUT2D eigenvalue weighted by atomic mass is 19.1. The lowest BCUT2D eigenvalue weighted by molar-refractivity contribution is 0.0953. The summed E-state index contributed by atoms with van der Waals surface area (Å²) < 4.78 is 13.0. The van der Waals surface area contributed by atoms with E-state index in [2.05, 4.69) is 11.9 Å². The van der Waals surface area contributed by atoms with Crippen LogP contribution in [0.15, 0.2) is 30.9 Å². The second kappa shape index (κ2) is 6.44. The second-order valence-electron chi connectivity index (χ2n) is 3.49. The van der Waals surface area contributed by atoms with Crippen molar-refractivity contribution in [1.29, 1.82) is 5.26 Å². The number of benzene rings is 1. The van der Waals surface area contributed by atoms with Crippen molar-refractivity contribution >= 4 is 5.91 Å². The number of unbranched alkanes of at least 4 members (excludes halogenated alkanes) is 1. The van der Waals surface area contributed by atoms with E-state index in [9.17, 15) is 9.18 Å². The van der Waals surface area contributed by atoms with Gasteiger partial charge in [0.05, 0.1) is 5.56 Å². The van der Waals surface area contributed by atoms with Crippen molar-refractivity contribution in [3.63, 3.8) is 0 Å². The average Bonchev–Trinajstić information content (AvgIpc) is 2.35. The van der Waals surface area contributed by atoms with E-state index in [0.717, 1.165) is 18.9 Å². The van der Waals surface area contributed by atoms with Crippen LogP contribution in [0.25, 0.3) is 0 Å². The van der Waals surface area contributed by atoms with E-state index in [1.165, 1.54) is 12.1 Å². The number of nitrogens with zero attached hydrogens (tertiary/aromatic N) is 1. The Hall–Kier alpha value is -2.15. The first-order valence-corrected chi connectivity index (χ1v) is 5.27. The van der Waals surface area contributed by atoms with Crippen LogP contribution in [-0.2, 0) is 0 Å². The lowest BCUT2D eigenvalue weighted by Crippen LogP contribution is -2.24. The third-order valence-corrected chi connectivity index (χ3v) is 2.22. The molecule has 0 saturated heterocycles. The molecule has 0 aromatic heterocycles. The predicted octanol–water partition coefficient (Wildman–Crippen LogP) is 2.39. The van der Waals surface area contributed by atoms with Gasteiger partial charge in [-0.2, -0.15) is 5.26 Å². The monoisotopic (exact) mass is 232 g/mol. The molecule has 0 aliphatic carbocycles. The molecule has 1 amide bonds. The SMILES string of the molecule is C=CCCCNC(=O)c1ccc(F)c(C#N)c1. The van der Waals surface area contributed by atoms with Gasteiger partial charge in [-0.05, 0) is 31.0 Å². The van der Waals surface area contributed by atoms with E-state index in [0.29, 0.717) is 12.1 Å². The van der Waals surface area contributed by atoms with Crippen LogP contribution in [0, 0.1) is 17.1 Å². The molecule has 0 aliphatic rings. The fourth-order valence-corrected chi connectivity index (χ4v) is 1.30. The zero-order valence-corrected chi connectivity index (χ0v) is 9.37. The summed E-state index contributed by atoms with van der Waals surface area (Å²) in [6, 6.07) is 5.43. The van der Waals surface area contributed by atoms with Gasteiger partial charge in [0.25, 0.3) is 5.91 Å². The smallest absolute Gasteiger partial charge is 0.251 e. The number of amides is 1. The summed E-state index contributed by atoms with van der Waals surface area (Å²) in [6.45, 7) is 4.11. The molecule has 1 aromatic carbocycles. The number of nitrogens with one attached hydrogen (secondary N) is 1. The first-order valence-electron chi connectivity index (χ1n) is 5.27. The summed E-state index contributed by atoms with van der Waals surface area (Å²) in [7, 11) is 0. The van der Waals surface area contributed by atoms with Crippen LogP contribution >= 0.6 is 0 Å². The average molecular weight is 232 g/mol. The zero-order chi connectivity index (χ0) is 12.7. The number of allylic oxidation sites excluding steroid dienone is 1. The number of carbonyl (C=O) groups excluding carboxylic acids is 1. The number of rotatable bonds is 5. The molecule has 0 fully saturated rings. The van der Waals surface area contributed by atoms with Crippen molar-refractivity contribution in [2.75, 3.05) is 6.54 Å². The van der Waals surface area contributed by atoms with E-state index in [-0.39, 0.29) is 11.5 Å². The van der Waals surface area contributed by atoms with Crippen molar-refractivity contribution in [1.82, 2.24) is 5.32 Å². The minimum Gasteiger partial charge on any atom is -0.352 e. The maximum atomic E-state index is 13.0. The third-order valence-electron chi connectivity index (χ3n) is 2.22. The van der Waals surface area contributed by atoms with Gasteiger partial charge in [0.1, 0.15) is 11.9 Å². The predicted molar refractivity (Wildman–Crippen MR) is 62.9 cm³/mol. The van der Waals surface area contributed by atoms with Crippen LogP contribution in [0.5, 0.6) is 0 Å². The Labute approximate surface area is 99.6 Å². The van der Waals surface area contributed by atoms with Gasteiger partial charge in [0, 0.05) is 12.1 Å². The molecule has 88 valence electrons. The maximum absolute atomic E-state index is 13.0. The number of hydrogen-bond donors (Lipinski definition) is 1. The maximum Gasteiger partial charge on any atom is 0.251 e. The molecule has 0 radical (unpaired) electrons. The third kappa shape index (κ3) is 3.72. The van der Waals surface area contributed by atoms with Crippen LogP contribution in [-0.4, -0.2) is 12.5 Å². The van der Waals surface area contributed by atoms with Gasteiger partial charge in [0.15, 0.2) is 0 Å². The minimum absolute atomic E-state index is 0.122. The molecule has 4 heteroatoms. The molecule has 0 bridgehead atoms. The first kappa shape index (κ1) is 12.9. The van der Waals surface area contributed by atoms with E-state index in [1.807, 2.05) is 0 Å². The summed E-state index contributed by atoms with van der Waals surface area (Å²) >= 11 is 0. The minimum atomic E-state index is -0.615. The molecule has 0 atom stereocenters. The van der Waals surface area contributed by atoms with Crippen LogP contribution in [0.1, 0.15) is 28.8 Å².